The summed E-state index contributed by atoms with van der Waals surface area (Å²) in [5.41, 5.74) is -0.505. The van der Waals surface area contributed by atoms with Gasteiger partial charge >= 0.3 is 0 Å². The predicted octanol–water partition coefficient (Wildman–Crippen LogP) is 0.740. The maximum Gasteiger partial charge on any atom is 0.253 e. The van der Waals surface area contributed by atoms with Crippen molar-refractivity contribution in [3.63, 3.8) is 0 Å². The standard InChI is InChI=1S/C16H21FN2O4/c1-16(15(21)18-2)10-19(6-7-23-16)14(20)9-11-4-5-13(22-3)12(17)8-11/h4-5,8H,6-7,9-10H2,1-3H3,(H,18,21). The first-order chi connectivity index (χ1) is 10.9. The topological polar surface area (TPSA) is 67.9 Å². The molecule has 126 valence electrons. The monoisotopic (exact) mass is 324 g/mol. The van der Waals surface area contributed by atoms with E-state index in [2.05, 4.69) is 5.32 Å². The smallest absolute Gasteiger partial charge is 0.253 e. The van der Waals surface area contributed by atoms with Crippen molar-refractivity contribution < 1.29 is 23.5 Å². The fraction of sp³-hybridized carbons (Fsp3) is 0.500. The van der Waals surface area contributed by atoms with E-state index in [-0.39, 0.29) is 37.1 Å². The van der Waals surface area contributed by atoms with Crippen molar-refractivity contribution in [1.82, 2.24) is 10.2 Å². The van der Waals surface area contributed by atoms with Gasteiger partial charge in [-0.2, -0.15) is 0 Å². The van der Waals surface area contributed by atoms with Gasteiger partial charge in [0.15, 0.2) is 17.2 Å². The fourth-order valence-electron chi connectivity index (χ4n) is 2.59. The van der Waals surface area contributed by atoms with Gasteiger partial charge in [-0.1, -0.05) is 6.07 Å². The summed E-state index contributed by atoms with van der Waals surface area (Å²) in [5, 5.41) is 2.54. The Morgan fingerprint density at radius 2 is 2.22 bits per heavy atom. The minimum absolute atomic E-state index is 0.0603. The molecule has 0 aromatic heterocycles. The molecule has 1 aliphatic rings. The van der Waals surface area contributed by atoms with E-state index in [0.29, 0.717) is 12.1 Å². The number of halogens is 1. The molecule has 0 aliphatic carbocycles. The number of ether oxygens (including phenoxy) is 2. The van der Waals surface area contributed by atoms with Crippen LogP contribution in [0, 0.1) is 5.82 Å². The minimum Gasteiger partial charge on any atom is -0.494 e. The van der Waals surface area contributed by atoms with Gasteiger partial charge in [0.2, 0.25) is 5.91 Å². The van der Waals surface area contributed by atoms with Crippen molar-refractivity contribution in [2.45, 2.75) is 18.9 Å². The zero-order valence-electron chi connectivity index (χ0n) is 13.5. The fourth-order valence-corrected chi connectivity index (χ4v) is 2.59. The summed E-state index contributed by atoms with van der Waals surface area (Å²) in [7, 11) is 2.91. The Morgan fingerprint density at radius 3 is 2.83 bits per heavy atom. The van der Waals surface area contributed by atoms with Crippen molar-refractivity contribution in [2.75, 3.05) is 33.9 Å². The molecule has 1 unspecified atom stereocenters. The van der Waals surface area contributed by atoms with Gasteiger partial charge in [-0.3, -0.25) is 9.59 Å². The van der Waals surface area contributed by atoms with Crippen molar-refractivity contribution in [1.29, 1.82) is 0 Å². The van der Waals surface area contributed by atoms with Crippen LogP contribution in [0.25, 0.3) is 0 Å². The number of nitrogens with one attached hydrogen (secondary N) is 1. The Balaban J connectivity index is 2.05. The predicted molar refractivity (Wildman–Crippen MR) is 81.7 cm³/mol. The Labute approximate surface area is 134 Å². The van der Waals surface area contributed by atoms with E-state index >= 15 is 0 Å². The zero-order valence-corrected chi connectivity index (χ0v) is 13.5. The van der Waals surface area contributed by atoms with Gasteiger partial charge in [0.1, 0.15) is 0 Å². The molecule has 6 nitrogen and oxygen atoms in total. The van der Waals surface area contributed by atoms with Gasteiger partial charge in [0.05, 0.1) is 26.7 Å². The molecule has 1 saturated heterocycles. The van der Waals surface area contributed by atoms with E-state index in [1.165, 1.54) is 26.3 Å². The summed E-state index contributed by atoms with van der Waals surface area (Å²) in [6.07, 6.45) is 0.0603. The molecule has 0 spiro atoms. The van der Waals surface area contributed by atoms with Gasteiger partial charge in [-0.15, -0.1) is 0 Å². The molecule has 2 rings (SSSR count). The molecule has 2 amide bonds. The Morgan fingerprint density at radius 1 is 1.48 bits per heavy atom. The van der Waals surface area contributed by atoms with Crippen LogP contribution in [0.3, 0.4) is 0 Å². The highest BCUT2D eigenvalue weighted by Gasteiger charge is 2.40. The number of methoxy groups -OCH3 is 1. The number of rotatable bonds is 4. The van der Waals surface area contributed by atoms with Crippen molar-refractivity contribution in [3.05, 3.63) is 29.6 Å². The van der Waals surface area contributed by atoms with Crippen molar-refractivity contribution >= 4 is 11.8 Å². The Bertz CT molecular complexity index is 608. The van der Waals surface area contributed by atoms with E-state index in [1.807, 2.05) is 0 Å². The van der Waals surface area contributed by atoms with Crippen molar-refractivity contribution in [2.24, 2.45) is 0 Å². The molecule has 0 radical (unpaired) electrons. The van der Waals surface area contributed by atoms with Gasteiger partial charge in [0.25, 0.3) is 5.91 Å². The number of hydrogen-bond acceptors (Lipinski definition) is 4. The summed E-state index contributed by atoms with van der Waals surface area (Å²) in [6.45, 7) is 2.51. The highest BCUT2D eigenvalue weighted by Crippen LogP contribution is 2.21. The maximum atomic E-state index is 13.7. The van der Waals surface area contributed by atoms with Gasteiger partial charge in [-0.25, -0.2) is 4.39 Å². The number of amides is 2. The number of nitrogens with zero attached hydrogens (tertiary/aromatic N) is 1. The van der Waals surface area contributed by atoms with Crippen LogP contribution in [-0.2, 0) is 20.7 Å². The Hall–Kier alpha value is -2.15. The summed E-state index contributed by atoms with van der Waals surface area (Å²) in [4.78, 5) is 25.9. The first kappa shape index (κ1) is 17.2. The summed E-state index contributed by atoms with van der Waals surface area (Å²) < 4.78 is 24.1. The summed E-state index contributed by atoms with van der Waals surface area (Å²) in [6, 6.07) is 4.43. The van der Waals surface area contributed by atoms with E-state index in [4.69, 9.17) is 9.47 Å². The van der Waals surface area contributed by atoms with Gasteiger partial charge < -0.3 is 19.7 Å². The van der Waals surface area contributed by atoms with Gasteiger partial charge in [-0.05, 0) is 24.6 Å². The second-order valence-corrected chi connectivity index (χ2v) is 5.62. The molecule has 1 atom stereocenters. The first-order valence-corrected chi connectivity index (χ1v) is 7.36. The molecule has 1 heterocycles. The Kier molecular flexibility index (Phi) is 5.20. The molecule has 1 fully saturated rings. The van der Waals surface area contributed by atoms with Crippen LogP contribution >= 0.6 is 0 Å². The lowest BCUT2D eigenvalue weighted by Gasteiger charge is -2.39. The number of carbonyl (C=O) groups is 2. The van der Waals surface area contributed by atoms with Crippen LogP contribution < -0.4 is 10.1 Å². The summed E-state index contributed by atoms with van der Waals surface area (Å²) in [5.74, 6) is -0.812. The van der Waals surface area contributed by atoms with Crippen molar-refractivity contribution in [3.8, 4) is 5.75 Å². The van der Waals surface area contributed by atoms with Gasteiger partial charge in [0, 0.05) is 13.6 Å². The van der Waals surface area contributed by atoms with E-state index in [0.717, 1.165) is 0 Å². The molecule has 1 aliphatic heterocycles. The molecular formula is C16H21FN2O4. The van der Waals surface area contributed by atoms with Crippen LogP contribution in [0.5, 0.6) is 5.75 Å². The third-order valence-electron chi connectivity index (χ3n) is 3.91. The molecule has 7 heteroatoms. The SMILES string of the molecule is CNC(=O)C1(C)CN(C(=O)Cc2ccc(OC)c(F)c2)CCO1. The molecular weight excluding hydrogens is 303 g/mol. The molecule has 0 bridgehead atoms. The van der Waals surface area contributed by atoms with E-state index in [1.54, 1.807) is 17.9 Å². The third kappa shape index (κ3) is 3.79. The average Bonchev–Trinajstić information content (AvgIpc) is 2.54. The second-order valence-electron chi connectivity index (χ2n) is 5.62. The number of likely N-dealkylation sites (N-methyl/N-ethyl adjacent to an activating group) is 1. The van der Waals surface area contributed by atoms with Crippen LogP contribution in [0.2, 0.25) is 0 Å². The zero-order chi connectivity index (χ0) is 17.0. The normalized spacial score (nSPS) is 21.0. The molecule has 1 N–H and O–H groups in total. The first-order valence-electron chi connectivity index (χ1n) is 7.36. The molecule has 1 aromatic rings. The number of benzene rings is 1. The number of carbonyl (C=O) groups excluding carboxylic acids is 2. The second kappa shape index (κ2) is 6.95. The number of morpholine rings is 1. The highest BCUT2D eigenvalue weighted by molar-refractivity contribution is 5.86. The van der Waals surface area contributed by atoms with Crippen LogP contribution in [0.15, 0.2) is 18.2 Å². The maximum absolute atomic E-state index is 13.7. The van der Waals surface area contributed by atoms with Crippen LogP contribution in [-0.4, -0.2) is 56.2 Å². The molecule has 1 aromatic carbocycles. The van der Waals surface area contributed by atoms with Crippen LogP contribution in [0.1, 0.15) is 12.5 Å². The lowest BCUT2D eigenvalue weighted by Crippen LogP contribution is -2.59. The highest BCUT2D eigenvalue weighted by atomic mass is 19.1. The minimum atomic E-state index is -1.06. The molecule has 0 saturated carbocycles. The lowest BCUT2D eigenvalue weighted by molar-refractivity contribution is -0.162. The third-order valence-corrected chi connectivity index (χ3v) is 3.91. The van der Waals surface area contributed by atoms with E-state index < -0.39 is 11.4 Å². The lowest BCUT2D eigenvalue weighted by atomic mass is 10.0. The largest absolute Gasteiger partial charge is 0.494 e. The van der Waals surface area contributed by atoms with Crippen LogP contribution in [0.4, 0.5) is 4.39 Å². The quantitative estimate of drug-likeness (QED) is 0.887. The number of hydrogen-bond donors (Lipinski definition) is 1. The summed E-state index contributed by atoms with van der Waals surface area (Å²) >= 11 is 0. The molecule has 23 heavy (non-hydrogen) atoms. The van der Waals surface area contributed by atoms with E-state index in [9.17, 15) is 14.0 Å². The average molecular weight is 324 g/mol.